The lowest BCUT2D eigenvalue weighted by Crippen LogP contribution is -2.10. The number of nitrogens with zero attached hydrogens (tertiary/aromatic N) is 1. The number of hydrogen-bond donors (Lipinski definition) is 1. The van der Waals surface area contributed by atoms with Crippen LogP contribution in [0.2, 0.25) is 0 Å². The predicted molar refractivity (Wildman–Crippen MR) is 103 cm³/mol. The number of carbonyl (C=O) groups is 1. The number of ether oxygens (including phenoxy) is 1. The minimum atomic E-state index is 0.125. The standard InChI is InChI=1S/C22H20N2O2/c1-26-16-8-2-6-15(11-16)20-19(25)12-23-21(20)18-13-24-10-4-7-14-5-3-9-17(18)22(14)24/h2-3,5-6,8-9,11,13,23H,4,7,10,12H2,1H3. The van der Waals surface area contributed by atoms with Crippen LogP contribution in [-0.4, -0.2) is 24.0 Å². The summed E-state index contributed by atoms with van der Waals surface area (Å²) in [5, 5.41) is 4.58. The van der Waals surface area contributed by atoms with E-state index in [1.54, 1.807) is 7.11 Å². The Bertz CT molecular complexity index is 1070. The number of ketones is 1. The van der Waals surface area contributed by atoms with Gasteiger partial charge >= 0.3 is 0 Å². The fourth-order valence-corrected chi connectivity index (χ4v) is 4.25. The summed E-state index contributed by atoms with van der Waals surface area (Å²) in [6.07, 6.45) is 4.48. The fourth-order valence-electron chi connectivity index (χ4n) is 4.25. The van der Waals surface area contributed by atoms with Crippen molar-refractivity contribution in [1.29, 1.82) is 0 Å². The number of benzene rings is 2. The van der Waals surface area contributed by atoms with Gasteiger partial charge in [0.15, 0.2) is 5.78 Å². The highest BCUT2D eigenvalue weighted by Gasteiger charge is 2.28. The van der Waals surface area contributed by atoms with Crippen molar-refractivity contribution < 1.29 is 9.53 Å². The van der Waals surface area contributed by atoms with Crippen LogP contribution in [0.15, 0.2) is 48.7 Å². The maximum absolute atomic E-state index is 12.7. The molecule has 4 nitrogen and oxygen atoms in total. The SMILES string of the molecule is COc1cccc(C2=C(c3cn4c5c(cccc35)CCC4)NCC2=O)c1. The molecular formula is C22H20N2O2. The zero-order valence-electron chi connectivity index (χ0n) is 14.7. The number of carbonyl (C=O) groups excluding carboxylic acids is 1. The summed E-state index contributed by atoms with van der Waals surface area (Å²) in [5.41, 5.74) is 6.42. The van der Waals surface area contributed by atoms with Gasteiger partial charge in [-0.3, -0.25) is 4.79 Å². The summed E-state index contributed by atoms with van der Waals surface area (Å²) in [6, 6.07) is 14.2. The van der Waals surface area contributed by atoms with Gasteiger partial charge in [0.05, 0.1) is 30.4 Å². The van der Waals surface area contributed by atoms with Crippen molar-refractivity contribution in [2.75, 3.05) is 13.7 Å². The van der Waals surface area contributed by atoms with E-state index in [1.165, 1.54) is 16.5 Å². The molecule has 0 radical (unpaired) electrons. The molecule has 3 aromatic rings. The highest BCUT2D eigenvalue weighted by atomic mass is 16.5. The molecule has 4 heteroatoms. The zero-order valence-corrected chi connectivity index (χ0v) is 14.7. The van der Waals surface area contributed by atoms with Gasteiger partial charge in [-0.2, -0.15) is 0 Å². The van der Waals surface area contributed by atoms with Crippen LogP contribution < -0.4 is 10.1 Å². The van der Waals surface area contributed by atoms with Crippen molar-refractivity contribution in [3.8, 4) is 5.75 Å². The second kappa shape index (κ2) is 5.77. The first kappa shape index (κ1) is 15.3. The van der Waals surface area contributed by atoms with Crippen LogP contribution in [0.5, 0.6) is 5.75 Å². The molecule has 0 amide bonds. The van der Waals surface area contributed by atoms with Gasteiger partial charge in [0.1, 0.15) is 5.75 Å². The van der Waals surface area contributed by atoms with Crippen molar-refractivity contribution in [2.24, 2.45) is 0 Å². The molecule has 0 aliphatic carbocycles. The molecule has 0 unspecified atom stereocenters. The van der Waals surface area contributed by atoms with E-state index in [0.29, 0.717) is 6.54 Å². The van der Waals surface area contributed by atoms with E-state index in [4.69, 9.17) is 4.74 Å². The Morgan fingerprint density at radius 2 is 2.04 bits per heavy atom. The zero-order chi connectivity index (χ0) is 17.7. The second-order valence-corrected chi connectivity index (χ2v) is 6.91. The lowest BCUT2D eigenvalue weighted by molar-refractivity contribution is -0.112. The summed E-state index contributed by atoms with van der Waals surface area (Å²) in [7, 11) is 1.65. The molecule has 2 aromatic carbocycles. The van der Waals surface area contributed by atoms with Crippen molar-refractivity contribution in [3.63, 3.8) is 0 Å². The quantitative estimate of drug-likeness (QED) is 0.789. The summed E-state index contributed by atoms with van der Waals surface area (Å²) < 4.78 is 7.69. The van der Waals surface area contributed by atoms with Crippen molar-refractivity contribution in [3.05, 3.63) is 65.4 Å². The van der Waals surface area contributed by atoms with Gasteiger partial charge in [0.25, 0.3) is 0 Å². The lowest BCUT2D eigenvalue weighted by atomic mass is 9.97. The van der Waals surface area contributed by atoms with Gasteiger partial charge < -0.3 is 14.6 Å². The second-order valence-electron chi connectivity index (χ2n) is 6.91. The van der Waals surface area contributed by atoms with Gasteiger partial charge in [-0.25, -0.2) is 0 Å². The molecule has 1 aromatic heterocycles. The third kappa shape index (κ3) is 2.18. The minimum absolute atomic E-state index is 0.125. The van der Waals surface area contributed by atoms with E-state index in [1.807, 2.05) is 24.3 Å². The van der Waals surface area contributed by atoms with Crippen LogP contribution in [-0.2, 0) is 17.8 Å². The maximum Gasteiger partial charge on any atom is 0.184 e. The van der Waals surface area contributed by atoms with Gasteiger partial charge in [-0.1, -0.05) is 30.3 Å². The molecule has 0 saturated heterocycles. The van der Waals surface area contributed by atoms with Gasteiger partial charge in [-0.15, -0.1) is 0 Å². The summed E-state index contributed by atoms with van der Waals surface area (Å²) in [5.74, 6) is 0.886. The molecule has 1 N–H and O–H groups in total. The van der Waals surface area contributed by atoms with E-state index in [2.05, 4.69) is 34.3 Å². The van der Waals surface area contributed by atoms with Crippen LogP contribution >= 0.6 is 0 Å². The average Bonchev–Trinajstić information content (AvgIpc) is 3.24. The summed E-state index contributed by atoms with van der Waals surface area (Å²) >= 11 is 0. The number of aromatic nitrogens is 1. The molecule has 2 aliphatic rings. The lowest BCUT2D eigenvalue weighted by Gasteiger charge is -2.14. The number of para-hydroxylation sites is 1. The molecular weight excluding hydrogens is 324 g/mol. The Balaban J connectivity index is 1.76. The topological polar surface area (TPSA) is 43.3 Å². The highest BCUT2D eigenvalue weighted by Crippen LogP contribution is 2.37. The molecule has 0 spiro atoms. The number of rotatable bonds is 3. The molecule has 0 fully saturated rings. The molecule has 0 bridgehead atoms. The maximum atomic E-state index is 12.7. The predicted octanol–water partition coefficient (Wildman–Crippen LogP) is 3.64. The van der Waals surface area contributed by atoms with Gasteiger partial charge in [-0.05, 0) is 36.1 Å². The minimum Gasteiger partial charge on any atom is -0.497 e. The Morgan fingerprint density at radius 3 is 2.92 bits per heavy atom. The third-order valence-electron chi connectivity index (χ3n) is 5.41. The molecule has 26 heavy (non-hydrogen) atoms. The number of aryl methyl sites for hydroxylation is 2. The Labute approximate surface area is 152 Å². The molecule has 5 rings (SSSR count). The van der Waals surface area contributed by atoms with Crippen molar-refractivity contribution >= 4 is 28.0 Å². The summed E-state index contributed by atoms with van der Waals surface area (Å²) in [6.45, 7) is 1.37. The highest BCUT2D eigenvalue weighted by molar-refractivity contribution is 6.32. The largest absolute Gasteiger partial charge is 0.497 e. The smallest absolute Gasteiger partial charge is 0.184 e. The molecule has 3 heterocycles. The molecule has 0 atom stereocenters. The van der Waals surface area contributed by atoms with E-state index in [9.17, 15) is 4.79 Å². The number of methoxy groups -OCH3 is 1. The monoisotopic (exact) mass is 344 g/mol. The first-order valence-electron chi connectivity index (χ1n) is 9.03. The van der Waals surface area contributed by atoms with Crippen molar-refractivity contribution in [1.82, 2.24) is 9.88 Å². The molecule has 130 valence electrons. The van der Waals surface area contributed by atoms with E-state index < -0.39 is 0 Å². The van der Waals surface area contributed by atoms with Crippen LogP contribution in [0.1, 0.15) is 23.1 Å². The van der Waals surface area contributed by atoms with Gasteiger partial charge in [0, 0.05) is 23.7 Å². The third-order valence-corrected chi connectivity index (χ3v) is 5.41. The Kier molecular flexibility index (Phi) is 3.38. The van der Waals surface area contributed by atoms with E-state index in [-0.39, 0.29) is 5.78 Å². The van der Waals surface area contributed by atoms with E-state index >= 15 is 0 Å². The normalized spacial score (nSPS) is 16.3. The first-order valence-corrected chi connectivity index (χ1v) is 9.03. The molecule has 2 aliphatic heterocycles. The van der Waals surface area contributed by atoms with Crippen LogP contribution in [0.3, 0.4) is 0 Å². The number of Topliss-reactive ketones (excluding diaryl/α,β-unsaturated/α-hetero) is 1. The van der Waals surface area contributed by atoms with Crippen LogP contribution in [0, 0.1) is 0 Å². The average molecular weight is 344 g/mol. The number of nitrogens with one attached hydrogen (secondary N) is 1. The fraction of sp³-hybridized carbons (Fsp3) is 0.227. The first-order chi connectivity index (χ1) is 12.8. The Hall–Kier alpha value is -3.01. The van der Waals surface area contributed by atoms with Gasteiger partial charge in [0.2, 0.25) is 0 Å². The summed E-state index contributed by atoms with van der Waals surface area (Å²) in [4.78, 5) is 12.7. The Morgan fingerprint density at radius 1 is 1.15 bits per heavy atom. The van der Waals surface area contributed by atoms with Crippen LogP contribution in [0.4, 0.5) is 0 Å². The van der Waals surface area contributed by atoms with E-state index in [0.717, 1.165) is 47.5 Å². The van der Waals surface area contributed by atoms with Crippen LogP contribution in [0.25, 0.3) is 22.2 Å². The molecule has 0 saturated carbocycles. The van der Waals surface area contributed by atoms with Crippen molar-refractivity contribution in [2.45, 2.75) is 19.4 Å². The number of hydrogen-bond acceptors (Lipinski definition) is 3.